The second-order valence-corrected chi connectivity index (χ2v) is 14.1. The lowest BCUT2D eigenvalue weighted by atomic mass is 10.00. The molecule has 0 atom stereocenters. The number of para-hydroxylation sites is 2. The van der Waals surface area contributed by atoms with Gasteiger partial charge in [0.2, 0.25) is 0 Å². The molecule has 0 saturated carbocycles. The molecule has 2 aromatic heterocycles. The topological polar surface area (TPSA) is 8.17 Å². The molecular formula is C48H32N2S. The van der Waals surface area contributed by atoms with Gasteiger partial charge in [-0.1, -0.05) is 127 Å². The number of rotatable bonds is 6. The first-order valence-electron chi connectivity index (χ1n) is 17.3. The number of nitrogens with zero attached hydrogens (tertiary/aromatic N) is 2. The van der Waals surface area contributed by atoms with Crippen LogP contribution in [0.3, 0.4) is 0 Å². The van der Waals surface area contributed by atoms with E-state index in [4.69, 9.17) is 0 Å². The highest BCUT2D eigenvalue weighted by Crippen LogP contribution is 2.41. The molecule has 0 bridgehead atoms. The normalized spacial score (nSPS) is 11.5. The number of hydrogen-bond acceptors (Lipinski definition) is 2. The molecule has 2 heterocycles. The number of thiophene rings is 1. The zero-order chi connectivity index (χ0) is 33.7. The number of fused-ring (bicyclic) bond motifs is 6. The van der Waals surface area contributed by atoms with Crippen LogP contribution >= 0.6 is 11.3 Å². The molecule has 0 spiro atoms. The second kappa shape index (κ2) is 12.2. The SMILES string of the molecule is c1ccc(-c2ccc(-c3ccc(N(c4ccccc4)c4ccc5c6ccccc6n(-c6ccc7sc8ccccc8c7c6)c5c4)cc3)cc2)cc1. The lowest BCUT2D eigenvalue weighted by Crippen LogP contribution is -2.10. The average molecular weight is 669 g/mol. The maximum absolute atomic E-state index is 2.44. The van der Waals surface area contributed by atoms with Crippen LogP contribution in [0.1, 0.15) is 0 Å². The molecule has 8 aromatic carbocycles. The van der Waals surface area contributed by atoms with Gasteiger partial charge >= 0.3 is 0 Å². The highest BCUT2D eigenvalue weighted by atomic mass is 32.1. The summed E-state index contributed by atoms with van der Waals surface area (Å²) in [7, 11) is 0. The molecule has 0 amide bonds. The molecule has 0 unspecified atom stereocenters. The van der Waals surface area contributed by atoms with Crippen molar-refractivity contribution < 1.29 is 0 Å². The van der Waals surface area contributed by atoms with E-state index in [1.165, 1.54) is 69.9 Å². The predicted octanol–water partition coefficient (Wildman–Crippen LogP) is 14.0. The van der Waals surface area contributed by atoms with Crippen LogP contribution in [0.15, 0.2) is 194 Å². The summed E-state index contributed by atoms with van der Waals surface area (Å²) in [6.45, 7) is 0. The Morgan fingerprint density at radius 3 is 1.61 bits per heavy atom. The smallest absolute Gasteiger partial charge is 0.0561 e. The zero-order valence-electron chi connectivity index (χ0n) is 27.8. The Hall–Kier alpha value is -6.42. The van der Waals surface area contributed by atoms with E-state index in [0.29, 0.717) is 0 Å². The third kappa shape index (κ3) is 5.10. The monoisotopic (exact) mass is 668 g/mol. The minimum absolute atomic E-state index is 1.11. The third-order valence-corrected chi connectivity index (χ3v) is 11.2. The third-order valence-electron chi connectivity index (χ3n) is 10.00. The van der Waals surface area contributed by atoms with Gasteiger partial charge in [0.15, 0.2) is 0 Å². The maximum Gasteiger partial charge on any atom is 0.0561 e. The first-order chi connectivity index (χ1) is 25.3. The van der Waals surface area contributed by atoms with Crippen molar-refractivity contribution in [3.63, 3.8) is 0 Å². The standard InChI is InChI=1S/C48H32N2S/c1-3-11-33(12-4-1)34-19-21-35(22-20-34)36-23-25-38(26-24-36)49(37-13-5-2-6-14-37)40-27-29-42-41-15-7-9-17-45(41)50(46(42)32-40)39-28-30-48-44(31-39)43-16-8-10-18-47(43)51-48/h1-32H. The number of anilines is 3. The summed E-state index contributed by atoms with van der Waals surface area (Å²) < 4.78 is 5.07. The van der Waals surface area contributed by atoms with E-state index in [0.717, 1.165) is 17.1 Å². The first-order valence-corrected chi connectivity index (χ1v) is 18.2. The van der Waals surface area contributed by atoms with E-state index in [1.807, 2.05) is 11.3 Å². The van der Waals surface area contributed by atoms with Crippen LogP contribution in [0.2, 0.25) is 0 Å². The second-order valence-electron chi connectivity index (χ2n) is 13.0. The van der Waals surface area contributed by atoms with E-state index in [9.17, 15) is 0 Å². The largest absolute Gasteiger partial charge is 0.310 e. The quantitative estimate of drug-likeness (QED) is 0.171. The van der Waals surface area contributed by atoms with Crippen molar-refractivity contribution in [3.8, 4) is 27.9 Å². The summed E-state index contributed by atoms with van der Waals surface area (Å²) >= 11 is 1.86. The van der Waals surface area contributed by atoms with Crippen molar-refractivity contribution in [2.45, 2.75) is 0 Å². The lowest BCUT2D eigenvalue weighted by Gasteiger charge is -2.26. The summed E-state index contributed by atoms with van der Waals surface area (Å²) in [5, 5.41) is 5.11. The number of benzene rings is 8. The van der Waals surface area contributed by atoms with E-state index in [1.54, 1.807) is 0 Å². The van der Waals surface area contributed by atoms with Crippen LogP contribution in [-0.2, 0) is 0 Å². The van der Waals surface area contributed by atoms with E-state index in [2.05, 4.69) is 204 Å². The van der Waals surface area contributed by atoms with Crippen LogP contribution in [0, 0.1) is 0 Å². The molecule has 0 fully saturated rings. The van der Waals surface area contributed by atoms with Crippen LogP contribution in [0.5, 0.6) is 0 Å². The van der Waals surface area contributed by atoms with Gasteiger partial charge in [0, 0.05) is 53.7 Å². The van der Waals surface area contributed by atoms with Crippen LogP contribution in [0.4, 0.5) is 17.1 Å². The van der Waals surface area contributed by atoms with Gasteiger partial charge in [0.05, 0.1) is 11.0 Å². The van der Waals surface area contributed by atoms with Gasteiger partial charge in [-0.2, -0.15) is 0 Å². The van der Waals surface area contributed by atoms with Crippen molar-refractivity contribution in [3.05, 3.63) is 194 Å². The molecule has 51 heavy (non-hydrogen) atoms. The summed E-state index contributed by atoms with van der Waals surface area (Å²) in [4.78, 5) is 2.36. The van der Waals surface area contributed by atoms with Gasteiger partial charge < -0.3 is 9.47 Å². The summed E-state index contributed by atoms with van der Waals surface area (Å²) in [6.07, 6.45) is 0. The molecule has 0 aliphatic heterocycles. The van der Waals surface area contributed by atoms with Gasteiger partial charge in [-0.05, 0) is 89.0 Å². The highest BCUT2D eigenvalue weighted by Gasteiger charge is 2.18. The van der Waals surface area contributed by atoms with Gasteiger partial charge in [-0.15, -0.1) is 11.3 Å². The predicted molar refractivity (Wildman–Crippen MR) is 219 cm³/mol. The Bertz CT molecular complexity index is 2830. The lowest BCUT2D eigenvalue weighted by molar-refractivity contribution is 1.18. The molecule has 10 rings (SSSR count). The molecular weight excluding hydrogens is 637 g/mol. The van der Waals surface area contributed by atoms with Gasteiger partial charge in [0.25, 0.3) is 0 Å². The summed E-state index contributed by atoms with van der Waals surface area (Å²) in [6, 6.07) is 70.4. The van der Waals surface area contributed by atoms with Crippen LogP contribution < -0.4 is 4.90 Å². The van der Waals surface area contributed by atoms with Crippen LogP contribution in [0.25, 0.3) is 69.9 Å². The molecule has 0 radical (unpaired) electrons. The fourth-order valence-electron chi connectivity index (χ4n) is 7.54. The molecule has 10 aromatic rings. The van der Waals surface area contributed by atoms with Crippen molar-refractivity contribution >= 4 is 70.4 Å². The summed E-state index contributed by atoms with van der Waals surface area (Å²) in [5.41, 5.74) is 11.7. The summed E-state index contributed by atoms with van der Waals surface area (Å²) in [5.74, 6) is 0. The van der Waals surface area contributed by atoms with Gasteiger partial charge in [0.1, 0.15) is 0 Å². The molecule has 0 N–H and O–H groups in total. The van der Waals surface area contributed by atoms with Crippen LogP contribution in [-0.4, -0.2) is 4.57 Å². The van der Waals surface area contributed by atoms with Crippen molar-refractivity contribution in [2.24, 2.45) is 0 Å². The zero-order valence-corrected chi connectivity index (χ0v) is 28.6. The number of aromatic nitrogens is 1. The molecule has 0 saturated heterocycles. The van der Waals surface area contributed by atoms with Crippen molar-refractivity contribution in [1.82, 2.24) is 4.57 Å². The van der Waals surface area contributed by atoms with Crippen molar-refractivity contribution in [1.29, 1.82) is 0 Å². The average Bonchev–Trinajstić information content (AvgIpc) is 3.74. The Balaban J connectivity index is 1.10. The molecule has 240 valence electrons. The van der Waals surface area contributed by atoms with E-state index >= 15 is 0 Å². The Kier molecular flexibility index (Phi) is 7.04. The fraction of sp³-hybridized carbons (Fsp3) is 0. The molecule has 3 heteroatoms. The maximum atomic E-state index is 2.44. The minimum Gasteiger partial charge on any atom is -0.310 e. The van der Waals surface area contributed by atoms with Crippen molar-refractivity contribution in [2.75, 3.05) is 4.90 Å². The Morgan fingerprint density at radius 2 is 0.863 bits per heavy atom. The number of hydrogen-bond donors (Lipinski definition) is 0. The van der Waals surface area contributed by atoms with Gasteiger partial charge in [-0.25, -0.2) is 0 Å². The first kappa shape index (κ1) is 29.5. The highest BCUT2D eigenvalue weighted by molar-refractivity contribution is 7.25. The van der Waals surface area contributed by atoms with E-state index < -0.39 is 0 Å². The molecule has 0 aliphatic carbocycles. The Labute approximate surface area is 300 Å². The Morgan fingerprint density at radius 1 is 0.333 bits per heavy atom. The molecule has 0 aliphatic rings. The van der Waals surface area contributed by atoms with Gasteiger partial charge in [-0.3, -0.25) is 0 Å². The minimum atomic E-state index is 1.11. The molecule has 2 nitrogen and oxygen atoms in total. The van der Waals surface area contributed by atoms with E-state index in [-0.39, 0.29) is 0 Å². The fourth-order valence-corrected chi connectivity index (χ4v) is 8.63.